The topological polar surface area (TPSA) is 71.4 Å². The number of hydrogen-bond donors (Lipinski definition) is 1. The van der Waals surface area contributed by atoms with Crippen LogP contribution in [0.4, 0.5) is 11.5 Å². The van der Waals surface area contributed by atoms with Crippen molar-refractivity contribution < 1.29 is 8.42 Å². The minimum Gasteiger partial charge on any atom is -0.263 e. The summed E-state index contributed by atoms with van der Waals surface area (Å²) in [5.41, 5.74) is 1.30. The lowest BCUT2D eigenvalue weighted by atomic mass is 10.2. The van der Waals surface area contributed by atoms with Gasteiger partial charge in [-0.2, -0.15) is 0 Å². The fraction of sp³-hybridized carbons (Fsp3) is 0. The molecule has 0 amide bonds. The Kier molecular flexibility index (Phi) is 5.56. The largest absolute Gasteiger partial charge is 0.263 e. The summed E-state index contributed by atoms with van der Waals surface area (Å²) in [6, 6.07) is 16.2. The third-order valence-corrected chi connectivity index (χ3v) is 5.30. The van der Waals surface area contributed by atoms with Gasteiger partial charge in [0, 0.05) is 23.0 Å². The monoisotopic (exact) mass is 405 g/mol. The molecular formula is C18H13Cl2N3O2S. The molecule has 0 aliphatic carbocycles. The second-order valence-electron chi connectivity index (χ2n) is 5.24. The fourth-order valence-electron chi connectivity index (χ4n) is 2.08. The number of anilines is 1. The Hall–Kier alpha value is -2.41. The zero-order chi connectivity index (χ0) is 18.6. The lowest BCUT2D eigenvalue weighted by Crippen LogP contribution is -2.13. The maximum atomic E-state index is 12.3. The van der Waals surface area contributed by atoms with Crippen LogP contribution in [0.2, 0.25) is 10.0 Å². The first kappa shape index (κ1) is 18.4. The number of sulfonamides is 1. The molecule has 3 rings (SSSR count). The van der Waals surface area contributed by atoms with Crippen LogP contribution in [0.25, 0.3) is 0 Å². The molecule has 0 atom stereocenters. The molecule has 0 unspecified atom stereocenters. The number of hydrogen-bond acceptors (Lipinski definition) is 4. The first-order valence-electron chi connectivity index (χ1n) is 7.47. The summed E-state index contributed by atoms with van der Waals surface area (Å²) >= 11 is 11.9. The van der Waals surface area contributed by atoms with Crippen LogP contribution in [0.3, 0.4) is 0 Å². The normalized spacial score (nSPS) is 11.6. The summed E-state index contributed by atoms with van der Waals surface area (Å²) in [5.74, 6) is 0.256. The number of nitrogens with one attached hydrogen (secondary N) is 1. The molecule has 0 bridgehead atoms. The predicted molar refractivity (Wildman–Crippen MR) is 105 cm³/mol. The van der Waals surface area contributed by atoms with Crippen molar-refractivity contribution in [1.82, 2.24) is 4.98 Å². The summed E-state index contributed by atoms with van der Waals surface area (Å²) in [5, 5.41) is 1.03. The van der Waals surface area contributed by atoms with Crippen LogP contribution in [-0.2, 0) is 10.0 Å². The van der Waals surface area contributed by atoms with E-state index >= 15 is 0 Å². The average Bonchev–Trinajstić information content (AvgIpc) is 2.62. The molecule has 2 aromatic carbocycles. The molecule has 0 saturated heterocycles. The Morgan fingerprint density at radius 3 is 2.42 bits per heavy atom. The first-order chi connectivity index (χ1) is 12.4. The van der Waals surface area contributed by atoms with Gasteiger partial charge in [-0.05, 0) is 48.5 Å². The molecule has 0 fully saturated rings. The number of halogens is 2. The van der Waals surface area contributed by atoms with Gasteiger partial charge in [0.2, 0.25) is 0 Å². The molecule has 1 heterocycles. The average molecular weight is 406 g/mol. The third kappa shape index (κ3) is 4.60. The lowest BCUT2D eigenvalue weighted by molar-refractivity contribution is 0.601. The zero-order valence-electron chi connectivity index (χ0n) is 13.3. The minimum atomic E-state index is -3.71. The number of rotatable bonds is 5. The van der Waals surface area contributed by atoms with E-state index < -0.39 is 10.0 Å². The van der Waals surface area contributed by atoms with Crippen molar-refractivity contribution in [3.63, 3.8) is 0 Å². The molecule has 0 aliphatic heterocycles. The maximum absolute atomic E-state index is 12.3. The second-order valence-corrected chi connectivity index (χ2v) is 7.76. The van der Waals surface area contributed by atoms with Gasteiger partial charge in [0.15, 0.2) is 0 Å². The van der Waals surface area contributed by atoms with Gasteiger partial charge in [-0.1, -0.05) is 35.3 Å². The van der Waals surface area contributed by atoms with Gasteiger partial charge < -0.3 is 0 Å². The summed E-state index contributed by atoms with van der Waals surface area (Å²) in [7, 11) is -3.71. The molecule has 132 valence electrons. The van der Waals surface area contributed by atoms with Gasteiger partial charge in [0.1, 0.15) is 5.82 Å². The number of aromatic nitrogens is 1. The number of benzene rings is 2. The van der Waals surface area contributed by atoms with Gasteiger partial charge in [-0.15, -0.1) is 0 Å². The van der Waals surface area contributed by atoms with Crippen molar-refractivity contribution in [3.05, 3.63) is 82.5 Å². The van der Waals surface area contributed by atoms with E-state index in [1.807, 2.05) is 0 Å². The van der Waals surface area contributed by atoms with E-state index in [2.05, 4.69) is 14.7 Å². The van der Waals surface area contributed by atoms with E-state index in [-0.39, 0.29) is 10.7 Å². The molecular weight excluding hydrogens is 393 g/mol. The predicted octanol–water partition coefficient (Wildman–Crippen LogP) is 4.94. The van der Waals surface area contributed by atoms with Crippen molar-refractivity contribution in [2.24, 2.45) is 4.99 Å². The van der Waals surface area contributed by atoms with E-state index in [9.17, 15) is 8.42 Å². The summed E-state index contributed by atoms with van der Waals surface area (Å²) in [6.07, 6.45) is 3.10. The molecule has 0 spiro atoms. The second kappa shape index (κ2) is 7.86. The molecule has 1 aromatic heterocycles. The molecule has 0 aliphatic rings. The highest BCUT2D eigenvalue weighted by Gasteiger charge is 2.14. The quantitative estimate of drug-likeness (QED) is 0.610. The van der Waals surface area contributed by atoms with Crippen LogP contribution in [0.15, 0.2) is 76.7 Å². The van der Waals surface area contributed by atoms with Crippen LogP contribution >= 0.6 is 23.2 Å². The first-order valence-corrected chi connectivity index (χ1v) is 9.71. The maximum Gasteiger partial charge on any atom is 0.263 e. The van der Waals surface area contributed by atoms with Crippen LogP contribution in [0.5, 0.6) is 0 Å². The number of nitrogens with zero attached hydrogens (tertiary/aromatic N) is 2. The van der Waals surface area contributed by atoms with Crippen molar-refractivity contribution in [1.29, 1.82) is 0 Å². The Morgan fingerprint density at radius 1 is 1.00 bits per heavy atom. The van der Waals surface area contributed by atoms with Crippen LogP contribution in [0, 0.1) is 0 Å². The van der Waals surface area contributed by atoms with Crippen molar-refractivity contribution in [2.45, 2.75) is 4.90 Å². The van der Waals surface area contributed by atoms with Crippen LogP contribution in [0.1, 0.15) is 5.56 Å². The third-order valence-electron chi connectivity index (χ3n) is 3.37. The van der Waals surface area contributed by atoms with Gasteiger partial charge in [0.25, 0.3) is 10.0 Å². The Labute approximate surface area is 161 Å². The van der Waals surface area contributed by atoms with E-state index in [4.69, 9.17) is 23.2 Å². The SMILES string of the molecule is O=S(=O)(Nc1ccccn1)c1ccc(N=Cc2ccc(Cl)cc2Cl)cc1. The van der Waals surface area contributed by atoms with Crippen LogP contribution in [-0.4, -0.2) is 19.6 Å². The highest BCUT2D eigenvalue weighted by atomic mass is 35.5. The summed E-state index contributed by atoms with van der Waals surface area (Å²) in [6.45, 7) is 0. The molecule has 8 heteroatoms. The van der Waals surface area contributed by atoms with E-state index in [1.165, 1.54) is 18.3 Å². The van der Waals surface area contributed by atoms with E-state index in [0.29, 0.717) is 21.3 Å². The molecule has 1 N–H and O–H groups in total. The summed E-state index contributed by atoms with van der Waals surface area (Å²) < 4.78 is 27.1. The lowest BCUT2D eigenvalue weighted by Gasteiger charge is -2.07. The number of pyridine rings is 1. The molecule has 0 saturated carbocycles. The molecule has 3 aromatic rings. The highest BCUT2D eigenvalue weighted by molar-refractivity contribution is 7.92. The van der Waals surface area contributed by atoms with Crippen molar-refractivity contribution in [3.8, 4) is 0 Å². The smallest absolute Gasteiger partial charge is 0.263 e. The molecule has 0 radical (unpaired) electrons. The Bertz CT molecular complexity index is 1040. The minimum absolute atomic E-state index is 0.117. The van der Waals surface area contributed by atoms with Crippen molar-refractivity contribution >= 4 is 50.9 Å². The van der Waals surface area contributed by atoms with E-state index in [1.54, 1.807) is 54.7 Å². The standard InChI is InChI=1S/C18H13Cl2N3O2S/c19-14-5-4-13(17(20)11-14)12-22-15-6-8-16(9-7-15)26(24,25)23-18-3-1-2-10-21-18/h1-12H,(H,21,23). The number of aliphatic imine (C=N–C) groups is 1. The Morgan fingerprint density at radius 2 is 1.77 bits per heavy atom. The fourth-order valence-corrected chi connectivity index (χ4v) is 3.55. The van der Waals surface area contributed by atoms with Gasteiger partial charge in [-0.25, -0.2) is 13.4 Å². The highest BCUT2D eigenvalue weighted by Crippen LogP contribution is 2.22. The molecule has 26 heavy (non-hydrogen) atoms. The van der Waals surface area contributed by atoms with E-state index in [0.717, 1.165) is 0 Å². The van der Waals surface area contributed by atoms with Gasteiger partial charge >= 0.3 is 0 Å². The molecule has 5 nitrogen and oxygen atoms in total. The zero-order valence-corrected chi connectivity index (χ0v) is 15.6. The van der Waals surface area contributed by atoms with Gasteiger partial charge in [-0.3, -0.25) is 9.71 Å². The Balaban J connectivity index is 1.76. The van der Waals surface area contributed by atoms with Crippen LogP contribution < -0.4 is 4.72 Å². The van der Waals surface area contributed by atoms with Gasteiger partial charge in [0.05, 0.1) is 15.6 Å². The van der Waals surface area contributed by atoms with Crippen molar-refractivity contribution in [2.75, 3.05) is 4.72 Å². The summed E-state index contributed by atoms with van der Waals surface area (Å²) in [4.78, 5) is 8.36.